The number of imide groups is 1. The summed E-state index contributed by atoms with van der Waals surface area (Å²) in [4.78, 5) is 25.7. The molecule has 118 valence electrons. The average molecular weight is 314 g/mol. The molecule has 2 amide bonds. The number of hydrogen-bond donors (Lipinski definition) is 1. The third-order valence-corrected chi connectivity index (χ3v) is 3.63. The van der Waals surface area contributed by atoms with Crippen LogP contribution in [0.3, 0.4) is 0 Å². The van der Waals surface area contributed by atoms with E-state index in [0.717, 1.165) is 10.5 Å². The first-order chi connectivity index (χ1) is 11.1. The number of anilines is 1. The smallest absolute Gasteiger partial charge is 0.275 e. The topological polar surface area (TPSA) is 72.6 Å². The van der Waals surface area contributed by atoms with Gasteiger partial charge in [0, 0.05) is 6.54 Å². The average Bonchev–Trinajstić information content (AvgIpc) is 2.84. The van der Waals surface area contributed by atoms with Crippen LogP contribution in [0.1, 0.15) is 12.0 Å². The first kappa shape index (κ1) is 15.2. The molecule has 5 nitrogen and oxygen atoms in total. The number of ether oxygens (including phenoxy) is 1. The number of benzene rings is 2. The third kappa shape index (κ3) is 3.07. The van der Waals surface area contributed by atoms with Crippen molar-refractivity contribution < 1.29 is 18.7 Å². The molecule has 0 aliphatic carbocycles. The van der Waals surface area contributed by atoms with Gasteiger partial charge in [0.2, 0.25) is 5.91 Å². The van der Waals surface area contributed by atoms with E-state index in [0.29, 0.717) is 18.0 Å². The molecule has 1 heterocycles. The lowest BCUT2D eigenvalue weighted by atomic mass is 10.2. The van der Waals surface area contributed by atoms with E-state index in [1.54, 1.807) is 24.3 Å². The third-order valence-electron chi connectivity index (χ3n) is 3.63. The highest BCUT2D eigenvalue weighted by atomic mass is 19.1. The zero-order valence-electron chi connectivity index (χ0n) is 12.2. The Kier molecular flexibility index (Phi) is 4.08. The van der Waals surface area contributed by atoms with Crippen molar-refractivity contribution in [2.24, 2.45) is 5.73 Å². The quantitative estimate of drug-likeness (QED) is 0.876. The van der Waals surface area contributed by atoms with Crippen LogP contribution in [0.15, 0.2) is 48.5 Å². The lowest BCUT2D eigenvalue weighted by Crippen LogP contribution is -2.33. The van der Waals surface area contributed by atoms with Crippen LogP contribution < -0.4 is 15.4 Å². The highest BCUT2D eigenvalue weighted by Gasteiger charge is 2.41. The van der Waals surface area contributed by atoms with Crippen LogP contribution in [0.4, 0.5) is 10.1 Å². The van der Waals surface area contributed by atoms with Gasteiger partial charge in [-0.15, -0.1) is 0 Å². The Hall–Kier alpha value is -2.73. The molecule has 2 aromatic carbocycles. The standard InChI is InChI=1S/C17H15FN2O3/c18-12-3-7-14(8-4-12)23-15-9-16(21)20(17(15)22)13-5-1-11(10-19)2-6-13/h1-8,15H,9-10,19H2. The molecule has 0 saturated carbocycles. The molecule has 2 aromatic rings. The van der Waals surface area contributed by atoms with Crippen LogP contribution in [0.5, 0.6) is 5.75 Å². The molecule has 1 fully saturated rings. The van der Waals surface area contributed by atoms with Gasteiger partial charge in [0.15, 0.2) is 6.10 Å². The summed E-state index contributed by atoms with van der Waals surface area (Å²) in [7, 11) is 0. The lowest BCUT2D eigenvalue weighted by molar-refractivity contribution is -0.123. The van der Waals surface area contributed by atoms with Gasteiger partial charge >= 0.3 is 0 Å². The molecule has 3 rings (SSSR count). The predicted octanol–water partition coefficient (Wildman–Crippen LogP) is 2.00. The first-order valence-corrected chi connectivity index (χ1v) is 7.16. The van der Waals surface area contributed by atoms with Crippen molar-refractivity contribution in [1.82, 2.24) is 0 Å². The maximum Gasteiger partial charge on any atom is 0.275 e. The van der Waals surface area contributed by atoms with Crippen molar-refractivity contribution in [2.75, 3.05) is 4.90 Å². The molecule has 1 atom stereocenters. The normalized spacial score (nSPS) is 17.7. The molecular formula is C17H15FN2O3. The van der Waals surface area contributed by atoms with E-state index in [-0.39, 0.29) is 12.3 Å². The van der Waals surface area contributed by atoms with Gasteiger partial charge in [-0.25, -0.2) is 9.29 Å². The van der Waals surface area contributed by atoms with Crippen molar-refractivity contribution in [3.63, 3.8) is 0 Å². The summed E-state index contributed by atoms with van der Waals surface area (Å²) < 4.78 is 18.4. The van der Waals surface area contributed by atoms with Crippen LogP contribution in [-0.2, 0) is 16.1 Å². The second-order valence-electron chi connectivity index (χ2n) is 5.20. The molecule has 0 bridgehead atoms. The molecule has 6 heteroatoms. The Morgan fingerprint density at radius 2 is 1.74 bits per heavy atom. The van der Waals surface area contributed by atoms with Crippen molar-refractivity contribution in [1.29, 1.82) is 0 Å². The number of nitrogens with two attached hydrogens (primary N) is 1. The molecule has 23 heavy (non-hydrogen) atoms. The van der Waals surface area contributed by atoms with Crippen LogP contribution in [0.2, 0.25) is 0 Å². The van der Waals surface area contributed by atoms with Gasteiger partial charge in [-0.2, -0.15) is 0 Å². The number of rotatable bonds is 4. The van der Waals surface area contributed by atoms with Crippen molar-refractivity contribution in [3.8, 4) is 5.75 Å². The van der Waals surface area contributed by atoms with Gasteiger partial charge < -0.3 is 10.5 Å². The zero-order valence-corrected chi connectivity index (χ0v) is 12.2. The second-order valence-corrected chi connectivity index (χ2v) is 5.20. The predicted molar refractivity (Wildman–Crippen MR) is 82.3 cm³/mol. The summed E-state index contributed by atoms with van der Waals surface area (Å²) in [6, 6.07) is 12.2. The summed E-state index contributed by atoms with van der Waals surface area (Å²) in [5, 5.41) is 0. The minimum atomic E-state index is -0.901. The van der Waals surface area contributed by atoms with E-state index in [2.05, 4.69) is 0 Å². The van der Waals surface area contributed by atoms with E-state index in [1.165, 1.54) is 24.3 Å². The molecule has 1 aliphatic rings. The van der Waals surface area contributed by atoms with Gasteiger partial charge in [-0.1, -0.05) is 12.1 Å². The summed E-state index contributed by atoms with van der Waals surface area (Å²) in [6.07, 6.45) is -0.948. The van der Waals surface area contributed by atoms with E-state index in [1.807, 2.05) is 0 Å². The van der Waals surface area contributed by atoms with Gasteiger partial charge in [-0.05, 0) is 42.0 Å². The first-order valence-electron chi connectivity index (χ1n) is 7.16. The number of halogens is 1. The van der Waals surface area contributed by atoms with Gasteiger partial charge in [0.05, 0.1) is 12.1 Å². The fraction of sp³-hybridized carbons (Fsp3) is 0.176. The fourth-order valence-electron chi connectivity index (χ4n) is 2.43. The maximum absolute atomic E-state index is 12.9. The number of nitrogens with zero attached hydrogens (tertiary/aromatic N) is 1. The Labute approximate surface area is 132 Å². The largest absolute Gasteiger partial charge is 0.480 e. The molecule has 0 aromatic heterocycles. The Morgan fingerprint density at radius 1 is 1.09 bits per heavy atom. The second kappa shape index (κ2) is 6.18. The SMILES string of the molecule is NCc1ccc(N2C(=O)CC(Oc3ccc(F)cc3)C2=O)cc1. The maximum atomic E-state index is 12.9. The Morgan fingerprint density at radius 3 is 2.35 bits per heavy atom. The summed E-state index contributed by atoms with van der Waals surface area (Å²) >= 11 is 0. The van der Waals surface area contributed by atoms with Gasteiger partial charge in [0.25, 0.3) is 5.91 Å². The highest BCUT2D eigenvalue weighted by Crippen LogP contribution is 2.26. The van der Waals surface area contributed by atoms with Crippen LogP contribution in [0, 0.1) is 5.82 Å². The monoisotopic (exact) mass is 314 g/mol. The van der Waals surface area contributed by atoms with Crippen LogP contribution in [0.25, 0.3) is 0 Å². The van der Waals surface area contributed by atoms with Crippen LogP contribution in [-0.4, -0.2) is 17.9 Å². The Bertz CT molecular complexity index is 729. The molecule has 0 spiro atoms. The minimum absolute atomic E-state index is 0.0468. The van der Waals surface area contributed by atoms with Crippen LogP contribution >= 0.6 is 0 Å². The Balaban J connectivity index is 1.77. The van der Waals surface area contributed by atoms with Gasteiger partial charge in [-0.3, -0.25) is 9.59 Å². The molecule has 2 N–H and O–H groups in total. The summed E-state index contributed by atoms with van der Waals surface area (Å²) in [6.45, 7) is 0.387. The lowest BCUT2D eigenvalue weighted by Gasteiger charge is -2.16. The van der Waals surface area contributed by atoms with Crippen molar-refractivity contribution in [2.45, 2.75) is 19.1 Å². The number of carbonyl (C=O) groups excluding carboxylic acids is 2. The van der Waals surface area contributed by atoms with Gasteiger partial charge in [0.1, 0.15) is 11.6 Å². The molecule has 1 aliphatic heterocycles. The minimum Gasteiger partial charge on any atom is -0.480 e. The molecule has 0 radical (unpaired) electrons. The van der Waals surface area contributed by atoms with E-state index in [4.69, 9.17) is 10.5 Å². The number of hydrogen-bond acceptors (Lipinski definition) is 4. The van der Waals surface area contributed by atoms with E-state index >= 15 is 0 Å². The summed E-state index contributed by atoms with van der Waals surface area (Å²) in [5.41, 5.74) is 6.93. The zero-order chi connectivity index (χ0) is 16.4. The molecular weight excluding hydrogens is 299 g/mol. The summed E-state index contributed by atoms with van der Waals surface area (Å²) in [5.74, 6) is -0.812. The van der Waals surface area contributed by atoms with E-state index in [9.17, 15) is 14.0 Å². The van der Waals surface area contributed by atoms with Crippen molar-refractivity contribution >= 4 is 17.5 Å². The van der Waals surface area contributed by atoms with Crippen molar-refractivity contribution in [3.05, 3.63) is 59.9 Å². The number of amides is 2. The highest BCUT2D eigenvalue weighted by molar-refractivity contribution is 6.22. The van der Waals surface area contributed by atoms with E-state index < -0.39 is 17.8 Å². The molecule has 1 saturated heterocycles. The molecule has 1 unspecified atom stereocenters. The fourth-order valence-corrected chi connectivity index (χ4v) is 2.43. The number of carbonyl (C=O) groups is 2.